The van der Waals surface area contributed by atoms with Gasteiger partial charge >= 0.3 is 0 Å². The van der Waals surface area contributed by atoms with E-state index in [1.165, 1.54) is 30.9 Å². The molecule has 0 saturated carbocycles. The van der Waals surface area contributed by atoms with Crippen LogP contribution in [0.25, 0.3) is 16.6 Å². The maximum atomic E-state index is 13.9. The SMILES string of the molecule is COc1ccc(OC)c(-n2c(SCC(=O)Nc3ccccc3F)nc3ccccc3c2=O)c1. The maximum absolute atomic E-state index is 13.9. The second kappa shape index (κ2) is 9.74. The number of para-hydroxylation sites is 2. The first-order valence-corrected chi connectivity index (χ1v) is 10.9. The number of anilines is 1. The predicted octanol–water partition coefficient (Wildman–Crippen LogP) is 4.27. The first-order valence-electron chi connectivity index (χ1n) is 9.93. The highest BCUT2D eigenvalue weighted by Gasteiger charge is 2.18. The number of carbonyl (C=O) groups excluding carboxylic acids is 1. The molecule has 0 bridgehead atoms. The number of ether oxygens (including phenoxy) is 2. The summed E-state index contributed by atoms with van der Waals surface area (Å²) in [4.78, 5) is 30.6. The van der Waals surface area contributed by atoms with Gasteiger partial charge in [0, 0.05) is 6.07 Å². The maximum Gasteiger partial charge on any atom is 0.266 e. The van der Waals surface area contributed by atoms with Crippen LogP contribution in [0.4, 0.5) is 10.1 Å². The van der Waals surface area contributed by atoms with Gasteiger partial charge in [0.15, 0.2) is 5.16 Å². The molecule has 9 heteroatoms. The molecule has 0 aliphatic rings. The van der Waals surface area contributed by atoms with E-state index >= 15 is 0 Å². The number of aromatic nitrogens is 2. The molecule has 3 aromatic carbocycles. The number of amides is 1. The Kier molecular flexibility index (Phi) is 6.60. The second-order valence-electron chi connectivity index (χ2n) is 6.91. The number of halogens is 1. The van der Waals surface area contributed by atoms with Crippen molar-refractivity contribution in [2.24, 2.45) is 0 Å². The van der Waals surface area contributed by atoms with Crippen molar-refractivity contribution in [3.63, 3.8) is 0 Å². The Morgan fingerprint density at radius 2 is 1.82 bits per heavy atom. The molecule has 0 unspecified atom stereocenters. The lowest BCUT2D eigenvalue weighted by Crippen LogP contribution is -2.23. The minimum Gasteiger partial charge on any atom is -0.497 e. The third-order valence-electron chi connectivity index (χ3n) is 4.85. The first-order chi connectivity index (χ1) is 16.0. The van der Waals surface area contributed by atoms with Crippen LogP contribution >= 0.6 is 11.8 Å². The van der Waals surface area contributed by atoms with Crippen molar-refractivity contribution in [1.82, 2.24) is 9.55 Å². The van der Waals surface area contributed by atoms with Gasteiger partial charge in [-0.3, -0.25) is 14.2 Å². The molecule has 0 aliphatic heterocycles. The topological polar surface area (TPSA) is 82.4 Å². The molecule has 0 spiro atoms. The van der Waals surface area contributed by atoms with Gasteiger partial charge in [0.1, 0.15) is 17.3 Å². The van der Waals surface area contributed by atoms with E-state index in [1.807, 2.05) is 0 Å². The molecule has 0 saturated heterocycles. The number of methoxy groups -OCH3 is 2. The summed E-state index contributed by atoms with van der Waals surface area (Å²) in [5.41, 5.74) is 0.695. The van der Waals surface area contributed by atoms with E-state index in [0.717, 1.165) is 11.8 Å². The lowest BCUT2D eigenvalue weighted by molar-refractivity contribution is -0.113. The molecule has 0 atom stereocenters. The highest BCUT2D eigenvalue weighted by molar-refractivity contribution is 7.99. The number of carbonyl (C=O) groups is 1. The molecule has 1 aromatic heterocycles. The molecule has 4 aromatic rings. The van der Waals surface area contributed by atoms with Crippen LogP contribution in [0.15, 0.2) is 76.7 Å². The zero-order valence-corrected chi connectivity index (χ0v) is 18.7. The second-order valence-corrected chi connectivity index (χ2v) is 7.85. The van der Waals surface area contributed by atoms with Gasteiger partial charge in [-0.1, -0.05) is 36.0 Å². The van der Waals surface area contributed by atoms with Crippen molar-refractivity contribution in [2.45, 2.75) is 5.16 Å². The van der Waals surface area contributed by atoms with Crippen LogP contribution in [0.2, 0.25) is 0 Å². The quantitative estimate of drug-likeness (QED) is 0.324. The molecule has 1 N–H and O–H groups in total. The van der Waals surface area contributed by atoms with Crippen LogP contribution in [0.3, 0.4) is 0 Å². The molecule has 7 nitrogen and oxygen atoms in total. The van der Waals surface area contributed by atoms with Gasteiger partial charge in [0.2, 0.25) is 5.91 Å². The molecular weight excluding hydrogens is 445 g/mol. The molecule has 4 rings (SSSR count). The number of hydrogen-bond acceptors (Lipinski definition) is 6. The normalized spacial score (nSPS) is 10.8. The Labute approximate surface area is 193 Å². The van der Waals surface area contributed by atoms with E-state index < -0.39 is 11.7 Å². The number of nitrogens with zero attached hydrogens (tertiary/aromatic N) is 2. The van der Waals surface area contributed by atoms with Crippen LogP contribution in [0, 0.1) is 5.82 Å². The summed E-state index contributed by atoms with van der Waals surface area (Å²) in [6.45, 7) is 0. The van der Waals surface area contributed by atoms with Crippen molar-refractivity contribution in [2.75, 3.05) is 25.3 Å². The number of benzene rings is 3. The van der Waals surface area contributed by atoms with Crippen LogP contribution in [-0.2, 0) is 4.79 Å². The Hall–Kier alpha value is -3.85. The summed E-state index contributed by atoms with van der Waals surface area (Å²) >= 11 is 1.06. The Bertz CT molecular complexity index is 1390. The molecule has 0 aliphatic carbocycles. The fourth-order valence-corrected chi connectivity index (χ4v) is 4.08. The molecule has 168 valence electrons. The monoisotopic (exact) mass is 465 g/mol. The predicted molar refractivity (Wildman–Crippen MR) is 126 cm³/mol. The van der Waals surface area contributed by atoms with Crippen LogP contribution in [-0.4, -0.2) is 35.4 Å². The number of hydrogen-bond donors (Lipinski definition) is 1. The minimum absolute atomic E-state index is 0.0847. The first kappa shape index (κ1) is 22.3. The number of fused-ring (bicyclic) bond motifs is 1. The molecule has 0 radical (unpaired) electrons. The highest BCUT2D eigenvalue weighted by atomic mass is 32.2. The van der Waals surface area contributed by atoms with E-state index in [1.54, 1.807) is 54.6 Å². The standard InChI is InChI=1S/C24H20FN3O4S/c1-31-15-11-12-21(32-2)20(13-15)28-23(30)16-7-3-5-9-18(16)27-24(28)33-14-22(29)26-19-10-6-4-8-17(19)25/h3-13H,14H2,1-2H3,(H,26,29). The number of rotatable bonds is 7. The van der Waals surface area contributed by atoms with Gasteiger partial charge in [0.05, 0.1) is 42.3 Å². The van der Waals surface area contributed by atoms with Crippen LogP contribution in [0.5, 0.6) is 11.5 Å². The average molecular weight is 466 g/mol. The zero-order valence-electron chi connectivity index (χ0n) is 17.9. The zero-order chi connectivity index (χ0) is 23.4. The summed E-state index contributed by atoms with van der Waals surface area (Å²) in [5, 5.41) is 3.24. The van der Waals surface area contributed by atoms with Crippen molar-refractivity contribution in [3.8, 4) is 17.2 Å². The van der Waals surface area contributed by atoms with E-state index in [9.17, 15) is 14.0 Å². The smallest absolute Gasteiger partial charge is 0.266 e. The van der Waals surface area contributed by atoms with E-state index in [2.05, 4.69) is 10.3 Å². The van der Waals surface area contributed by atoms with Crippen molar-refractivity contribution in [3.05, 3.63) is 82.9 Å². The van der Waals surface area contributed by atoms with Crippen LogP contribution in [0.1, 0.15) is 0 Å². The fourth-order valence-electron chi connectivity index (χ4n) is 3.27. The lowest BCUT2D eigenvalue weighted by atomic mass is 10.2. The summed E-state index contributed by atoms with van der Waals surface area (Å²) in [7, 11) is 3.02. The van der Waals surface area contributed by atoms with Gasteiger partial charge in [-0.25, -0.2) is 9.37 Å². The minimum atomic E-state index is -0.530. The third-order valence-corrected chi connectivity index (χ3v) is 5.79. The van der Waals surface area contributed by atoms with Crippen molar-refractivity contribution >= 4 is 34.3 Å². The van der Waals surface area contributed by atoms with Crippen LogP contribution < -0.4 is 20.3 Å². The largest absolute Gasteiger partial charge is 0.497 e. The number of nitrogens with one attached hydrogen (secondary N) is 1. The summed E-state index contributed by atoms with van der Waals surface area (Å²) in [6, 6.07) is 17.9. The third kappa shape index (κ3) is 4.68. The fraction of sp³-hybridized carbons (Fsp3) is 0.125. The van der Waals surface area contributed by atoms with Gasteiger partial charge in [-0.05, 0) is 36.4 Å². The van der Waals surface area contributed by atoms with Gasteiger partial charge in [-0.15, -0.1) is 0 Å². The molecule has 33 heavy (non-hydrogen) atoms. The molecule has 0 fully saturated rings. The Morgan fingerprint density at radius 3 is 2.58 bits per heavy atom. The Balaban J connectivity index is 1.76. The van der Waals surface area contributed by atoms with Gasteiger partial charge in [-0.2, -0.15) is 0 Å². The number of thioether (sulfide) groups is 1. The van der Waals surface area contributed by atoms with Gasteiger partial charge < -0.3 is 14.8 Å². The van der Waals surface area contributed by atoms with Crippen molar-refractivity contribution in [1.29, 1.82) is 0 Å². The highest BCUT2D eigenvalue weighted by Crippen LogP contribution is 2.30. The molecular formula is C24H20FN3O4S. The van der Waals surface area contributed by atoms with E-state index in [-0.39, 0.29) is 22.2 Å². The van der Waals surface area contributed by atoms with E-state index in [4.69, 9.17) is 9.47 Å². The molecule has 1 heterocycles. The average Bonchev–Trinajstić information content (AvgIpc) is 2.84. The van der Waals surface area contributed by atoms with E-state index in [0.29, 0.717) is 28.1 Å². The Morgan fingerprint density at radius 1 is 1.06 bits per heavy atom. The summed E-state index contributed by atoms with van der Waals surface area (Å²) < 4.78 is 26.1. The van der Waals surface area contributed by atoms with Gasteiger partial charge in [0.25, 0.3) is 5.56 Å². The summed E-state index contributed by atoms with van der Waals surface area (Å²) in [5.74, 6) is -0.0908. The van der Waals surface area contributed by atoms with Crippen molar-refractivity contribution < 1.29 is 18.7 Å². The lowest BCUT2D eigenvalue weighted by Gasteiger charge is -2.16. The summed E-state index contributed by atoms with van der Waals surface area (Å²) in [6.07, 6.45) is 0. The molecule has 1 amide bonds.